The lowest BCUT2D eigenvalue weighted by molar-refractivity contribution is -0.143. The summed E-state index contributed by atoms with van der Waals surface area (Å²) in [5, 5.41) is 7.60. The summed E-state index contributed by atoms with van der Waals surface area (Å²) < 4.78 is 4.20. The quantitative estimate of drug-likeness (QED) is 0.393. The van der Waals surface area contributed by atoms with Gasteiger partial charge in [0.1, 0.15) is 12.2 Å². The van der Waals surface area contributed by atoms with Gasteiger partial charge in [0.15, 0.2) is 0 Å². The molecule has 0 saturated carbocycles. The largest absolute Gasteiger partial charge is 0.478 e. The third-order valence-electron chi connectivity index (χ3n) is 0.796. The molecule has 0 aliphatic carbocycles. The molecule has 1 N–H and O–H groups in total. The zero-order valence-electron chi connectivity index (χ0n) is 7.57. The smallest absolute Gasteiger partial charge is 0.327 e. The lowest BCUT2D eigenvalue weighted by atomic mass is 10.3. The molecule has 0 bridgehead atoms. The Hall–Kier alpha value is -1.65. The Morgan fingerprint density at radius 3 is 1.92 bits per heavy atom. The fourth-order valence-corrected chi connectivity index (χ4v) is 0.275. The van der Waals surface area contributed by atoms with Gasteiger partial charge in [-0.25, -0.2) is 4.79 Å². The molecule has 0 rings (SSSR count). The zero-order chi connectivity index (χ0) is 10.9. The summed E-state index contributed by atoms with van der Waals surface area (Å²) in [5.74, 6) is -1.63. The minimum atomic E-state index is -0.981. The number of carboxylic acid groups (broad SMARTS) is 1. The molecule has 0 spiro atoms. The van der Waals surface area contributed by atoms with Gasteiger partial charge in [-0.3, -0.25) is 9.59 Å². The molecule has 0 aromatic rings. The highest BCUT2D eigenvalue weighted by Crippen LogP contribution is 1.83. The van der Waals surface area contributed by atoms with Crippen molar-refractivity contribution in [3.05, 3.63) is 12.7 Å². The summed E-state index contributed by atoms with van der Waals surface area (Å²) in [6, 6.07) is 0. The van der Waals surface area contributed by atoms with Crippen LogP contribution in [0.4, 0.5) is 0 Å². The standard InChI is InChI=1S/C5H8O3.C3H4O2/c1-4(6)3-5(7)8-2;1-2-3(4)5/h3H2,1-2H3;2H,1H2,(H,4,5). The number of aliphatic carboxylic acids is 1. The maximum absolute atomic E-state index is 10.2. The Morgan fingerprint density at radius 2 is 1.85 bits per heavy atom. The number of esters is 1. The van der Waals surface area contributed by atoms with E-state index in [0.717, 1.165) is 6.08 Å². The van der Waals surface area contributed by atoms with E-state index in [2.05, 4.69) is 11.3 Å². The first-order chi connectivity index (χ1) is 5.93. The first-order valence-electron chi connectivity index (χ1n) is 3.35. The molecule has 0 amide bonds. The molecule has 0 atom stereocenters. The van der Waals surface area contributed by atoms with Gasteiger partial charge in [-0.05, 0) is 6.92 Å². The van der Waals surface area contributed by atoms with Crippen LogP contribution in [0.15, 0.2) is 12.7 Å². The summed E-state index contributed by atoms with van der Waals surface area (Å²) in [6.07, 6.45) is 0.719. The molecule has 13 heavy (non-hydrogen) atoms. The van der Waals surface area contributed by atoms with E-state index in [1.54, 1.807) is 0 Å². The van der Waals surface area contributed by atoms with Crippen LogP contribution >= 0.6 is 0 Å². The molecule has 0 unspecified atom stereocenters. The number of ketones is 1. The van der Waals surface area contributed by atoms with E-state index in [0.29, 0.717) is 0 Å². The monoisotopic (exact) mass is 188 g/mol. The van der Waals surface area contributed by atoms with Crippen molar-refractivity contribution < 1.29 is 24.2 Å². The lowest BCUT2D eigenvalue weighted by Gasteiger charge is -1.90. The topological polar surface area (TPSA) is 80.7 Å². The van der Waals surface area contributed by atoms with Crippen molar-refractivity contribution in [3.8, 4) is 0 Å². The SMILES string of the molecule is C=CC(=O)O.COC(=O)CC(C)=O. The summed E-state index contributed by atoms with van der Waals surface area (Å²) in [7, 11) is 1.26. The van der Waals surface area contributed by atoms with Crippen molar-refractivity contribution in [2.45, 2.75) is 13.3 Å². The van der Waals surface area contributed by atoms with Crippen molar-refractivity contribution in [2.75, 3.05) is 7.11 Å². The van der Waals surface area contributed by atoms with Gasteiger partial charge in [-0.2, -0.15) is 0 Å². The Labute approximate surface area is 76.0 Å². The second-order valence-corrected chi connectivity index (χ2v) is 2.00. The maximum atomic E-state index is 10.2. The van der Waals surface area contributed by atoms with E-state index in [9.17, 15) is 14.4 Å². The van der Waals surface area contributed by atoms with Crippen molar-refractivity contribution in [3.63, 3.8) is 0 Å². The molecule has 0 heterocycles. The maximum Gasteiger partial charge on any atom is 0.327 e. The number of rotatable bonds is 3. The first-order valence-corrected chi connectivity index (χ1v) is 3.35. The van der Waals surface area contributed by atoms with E-state index in [1.807, 2.05) is 0 Å². The normalized spacial score (nSPS) is 7.54. The van der Waals surface area contributed by atoms with Crippen LogP contribution in [0.25, 0.3) is 0 Å². The third-order valence-corrected chi connectivity index (χ3v) is 0.796. The van der Waals surface area contributed by atoms with Crippen LogP contribution in [0.3, 0.4) is 0 Å². The molecule has 74 valence electrons. The molecule has 0 aliphatic rings. The first kappa shape index (κ1) is 13.9. The fourth-order valence-electron chi connectivity index (χ4n) is 0.275. The number of hydrogen-bond donors (Lipinski definition) is 1. The molecule has 0 saturated heterocycles. The molecular weight excluding hydrogens is 176 g/mol. The van der Waals surface area contributed by atoms with Gasteiger partial charge in [0, 0.05) is 6.08 Å². The van der Waals surface area contributed by atoms with Gasteiger partial charge in [-0.15, -0.1) is 0 Å². The van der Waals surface area contributed by atoms with Crippen LogP contribution in [0.2, 0.25) is 0 Å². The van der Waals surface area contributed by atoms with Gasteiger partial charge in [-0.1, -0.05) is 6.58 Å². The van der Waals surface area contributed by atoms with Crippen molar-refractivity contribution >= 4 is 17.7 Å². The molecule has 0 radical (unpaired) electrons. The van der Waals surface area contributed by atoms with Crippen LogP contribution in [0.5, 0.6) is 0 Å². The average Bonchev–Trinajstić information content (AvgIpc) is 2.04. The van der Waals surface area contributed by atoms with Crippen molar-refractivity contribution in [1.29, 1.82) is 0 Å². The highest BCUT2D eigenvalue weighted by molar-refractivity contribution is 5.93. The van der Waals surface area contributed by atoms with E-state index in [4.69, 9.17) is 5.11 Å². The Bertz CT molecular complexity index is 207. The number of hydrogen-bond acceptors (Lipinski definition) is 4. The lowest BCUT2D eigenvalue weighted by Crippen LogP contribution is -2.05. The van der Waals surface area contributed by atoms with Crippen molar-refractivity contribution in [1.82, 2.24) is 0 Å². The van der Waals surface area contributed by atoms with Gasteiger partial charge < -0.3 is 9.84 Å². The van der Waals surface area contributed by atoms with Crippen LogP contribution in [-0.2, 0) is 19.1 Å². The number of carbonyl (C=O) groups is 3. The fraction of sp³-hybridized carbons (Fsp3) is 0.375. The van der Waals surface area contributed by atoms with E-state index >= 15 is 0 Å². The van der Waals surface area contributed by atoms with Crippen LogP contribution < -0.4 is 0 Å². The average molecular weight is 188 g/mol. The third kappa shape index (κ3) is 17.9. The molecule has 0 aliphatic heterocycles. The summed E-state index contributed by atoms with van der Waals surface area (Å²) in [5.41, 5.74) is 0. The second kappa shape index (κ2) is 8.45. The summed E-state index contributed by atoms with van der Waals surface area (Å²) in [4.78, 5) is 29.5. The molecular formula is C8H12O5. The van der Waals surface area contributed by atoms with Gasteiger partial charge in [0.25, 0.3) is 0 Å². The van der Waals surface area contributed by atoms with Gasteiger partial charge in [0.2, 0.25) is 0 Å². The number of ether oxygens (including phenoxy) is 1. The van der Waals surface area contributed by atoms with Crippen molar-refractivity contribution in [2.24, 2.45) is 0 Å². The highest BCUT2D eigenvalue weighted by Gasteiger charge is 2.01. The Balaban J connectivity index is 0. The minimum Gasteiger partial charge on any atom is -0.478 e. The highest BCUT2D eigenvalue weighted by atomic mass is 16.5. The van der Waals surface area contributed by atoms with E-state index in [-0.39, 0.29) is 12.2 Å². The van der Waals surface area contributed by atoms with Gasteiger partial charge in [0.05, 0.1) is 7.11 Å². The van der Waals surface area contributed by atoms with E-state index in [1.165, 1.54) is 14.0 Å². The van der Waals surface area contributed by atoms with E-state index < -0.39 is 11.9 Å². The molecule has 0 aromatic heterocycles. The summed E-state index contributed by atoms with van der Waals surface area (Å²) >= 11 is 0. The van der Waals surface area contributed by atoms with Gasteiger partial charge >= 0.3 is 11.9 Å². The predicted octanol–water partition coefficient (Wildman–Crippen LogP) is 0.395. The number of carboxylic acids is 1. The van der Waals surface area contributed by atoms with Crippen LogP contribution in [-0.4, -0.2) is 29.9 Å². The molecule has 0 aromatic carbocycles. The van der Waals surface area contributed by atoms with Crippen LogP contribution in [0, 0.1) is 0 Å². The zero-order valence-corrected chi connectivity index (χ0v) is 7.57. The second-order valence-electron chi connectivity index (χ2n) is 2.00. The summed E-state index contributed by atoms with van der Waals surface area (Å²) in [6.45, 7) is 4.30. The minimum absolute atomic E-state index is 0.115. The Kier molecular flexibility index (Phi) is 9.04. The Morgan fingerprint density at radius 1 is 1.46 bits per heavy atom. The molecule has 5 nitrogen and oxygen atoms in total. The molecule has 5 heteroatoms. The van der Waals surface area contributed by atoms with Crippen LogP contribution in [0.1, 0.15) is 13.3 Å². The number of carbonyl (C=O) groups excluding carboxylic acids is 2. The number of methoxy groups -OCH3 is 1. The predicted molar refractivity (Wildman–Crippen MR) is 45.1 cm³/mol. The number of Topliss-reactive ketones (excluding diaryl/α,β-unsaturated/α-hetero) is 1. The molecule has 0 fully saturated rings.